The summed E-state index contributed by atoms with van der Waals surface area (Å²) in [4.78, 5) is 39.8. The van der Waals surface area contributed by atoms with Crippen LogP contribution in [0.4, 0.5) is 5.69 Å². The number of amides is 1. The fourth-order valence-corrected chi connectivity index (χ4v) is 6.60. The van der Waals surface area contributed by atoms with Crippen LogP contribution in [0.1, 0.15) is 70.4 Å². The molecule has 7 nitrogen and oxygen atoms in total. The molecule has 0 fully saturated rings. The van der Waals surface area contributed by atoms with E-state index in [9.17, 15) is 14.4 Å². The highest BCUT2D eigenvalue weighted by Gasteiger charge is 2.48. The van der Waals surface area contributed by atoms with E-state index in [0.717, 1.165) is 11.1 Å². The SMILES string of the molecule is COc1cc(C2C3=C(CC(C)(C)CC3=O)OC3=C2C(=O)CC(C)(C)C3)cc(Br)c1OCC(=O)Nc1ccc(C)cc1. The Bertz CT molecular complexity index is 1450. The Kier molecular flexibility index (Phi) is 7.66. The number of carbonyl (C=O) groups excluding carboxylic acids is 3. The maximum Gasteiger partial charge on any atom is 0.262 e. The number of nitrogens with one attached hydrogen (secondary N) is 1. The molecule has 8 heteroatoms. The van der Waals surface area contributed by atoms with Crippen molar-refractivity contribution in [3.8, 4) is 11.5 Å². The summed E-state index contributed by atoms with van der Waals surface area (Å²) in [5.41, 5.74) is 3.14. The molecule has 3 aliphatic rings. The van der Waals surface area contributed by atoms with Gasteiger partial charge in [0.25, 0.3) is 5.91 Å². The van der Waals surface area contributed by atoms with Crippen LogP contribution in [0.15, 0.2) is 63.5 Å². The molecule has 41 heavy (non-hydrogen) atoms. The number of halogens is 1. The van der Waals surface area contributed by atoms with E-state index in [-0.39, 0.29) is 34.9 Å². The number of carbonyl (C=O) groups is 3. The van der Waals surface area contributed by atoms with Gasteiger partial charge < -0.3 is 19.5 Å². The highest BCUT2D eigenvalue weighted by molar-refractivity contribution is 9.10. The van der Waals surface area contributed by atoms with Gasteiger partial charge in [0.2, 0.25) is 0 Å². The molecule has 0 spiro atoms. The van der Waals surface area contributed by atoms with E-state index >= 15 is 0 Å². The van der Waals surface area contributed by atoms with Crippen molar-refractivity contribution in [2.45, 2.75) is 66.2 Å². The summed E-state index contributed by atoms with van der Waals surface area (Å²) in [6.07, 6.45) is 1.99. The van der Waals surface area contributed by atoms with E-state index < -0.39 is 5.92 Å². The van der Waals surface area contributed by atoms with Crippen molar-refractivity contribution >= 4 is 39.1 Å². The first kappa shape index (κ1) is 29.1. The fraction of sp³-hybridized carbons (Fsp3) is 0.424. The first-order valence-electron chi connectivity index (χ1n) is 13.8. The van der Waals surface area contributed by atoms with E-state index in [1.165, 1.54) is 7.11 Å². The van der Waals surface area contributed by atoms with Crippen LogP contribution in [0.3, 0.4) is 0 Å². The number of ketones is 2. The topological polar surface area (TPSA) is 90.9 Å². The van der Waals surface area contributed by atoms with Crippen LogP contribution >= 0.6 is 15.9 Å². The number of hydrogen-bond donors (Lipinski definition) is 1. The van der Waals surface area contributed by atoms with E-state index in [0.29, 0.717) is 70.0 Å². The van der Waals surface area contributed by atoms with Crippen molar-refractivity contribution in [3.05, 3.63) is 74.7 Å². The quantitative estimate of drug-likeness (QED) is 0.367. The monoisotopic (exact) mass is 621 g/mol. The number of anilines is 1. The number of Topliss-reactive ketones (excluding diaryl/α,β-unsaturated/α-hetero) is 2. The molecule has 0 saturated heterocycles. The van der Waals surface area contributed by atoms with Crippen molar-refractivity contribution in [1.29, 1.82) is 0 Å². The predicted octanol–water partition coefficient (Wildman–Crippen LogP) is 7.18. The molecule has 0 aromatic heterocycles. The van der Waals surface area contributed by atoms with Gasteiger partial charge in [-0.3, -0.25) is 14.4 Å². The summed E-state index contributed by atoms with van der Waals surface area (Å²) in [5.74, 6) is 1.17. The lowest BCUT2D eigenvalue weighted by atomic mass is 9.65. The maximum absolute atomic E-state index is 13.6. The van der Waals surface area contributed by atoms with Crippen LogP contribution in [-0.4, -0.2) is 31.2 Å². The van der Waals surface area contributed by atoms with Gasteiger partial charge in [-0.2, -0.15) is 0 Å². The lowest BCUT2D eigenvalue weighted by molar-refractivity contribution is -0.120. The van der Waals surface area contributed by atoms with Gasteiger partial charge in [0.15, 0.2) is 29.7 Å². The van der Waals surface area contributed by atoms with Gasteiger partial charge in [-0.1, -0.05) is 45.4 Å². The van der Waals surface area contributed by atoms with Gasteiger partial charge in [-0.15, -0.1) is 0 Å². The van der Waals surface area contributed by atoms with Gasteiger partial charge >= 0.3 is 0 Å². The molecule has 0 saturated carbocycles. The van der Waals surface area contributed by atoms with Crippen LogP contribution < -0.4 is 14.8 Å². The Balaban J connectivity index is 1.50. The summed E-state index contributed by atoms with van der Waals surface area (Å²) in [6, 6.07) is 11.1. The van der Waals surface area contributed by atoms with Crippen molar-refractivity contribution in [2.24, 2.45) is 10.8 Å². The smallest absolute Gasteiger partial charge is 0.262 e. The molecule has 0 unspecified atom stereocenters. The minimum absolute atomic E-state index is 0.00590. The van der Waals surface area contributed by atoms with Gasteiger partial charge in [-0.05, 0) is 63.5 Å². The molecule has 1 N–H and O–H groups in total. The van der Waals surface area contributed by atoms with Crippen LogP contribution in [0.5, 0.6) is 11.5 Å². The summed E-state index contributed by atoms with van der Waals surface area (Å²) in [6.45, 7) is 10.0. The molecule has 1 aliphatic heterocycles. The van der Waals surface area contributed by atoms with Crippen LogP contribution in [0.2, 0.25) is 0 Å². The second-order valence-electron chi connectivity index (χ2n) is 12.8. The average molecular weight is 623 g/mol. The Morgan fingerprint density at radius 2 is 1.51 bits per heavy atom. The Hall–Kier alpha value is -3.39. The highest BCUT2D eigenvalue weighted by atomic mass is 79.9. The van der Waals surface area contributed by atoms with Gasteiger partial charge in [0.1, 0.15) is 11.5 Å². The number of ether oxygens (including phenoxy) is 3. The molecule has 2 aliphatic carbocycles. The van der Waals surface area contributed by atoms with Crippen molar-refractivity contribution in [3.63, 3.8) is 0 Å². The van der Waals surface area contributed by atoms with E-state index in [2.05, 4.69) is 48.9 Å². The number of hydrogen-bond acceptors (Lipinski definition) is 6. The Morgan fingerprint density at radius 1 is 0.951 bits per heavy atom. The first-order chi connectivity index (χ1) is 19.3. The second-order valence-corrected chi connectivity index (χ2v) is 13.7. The number of allylic oxidation sites excluding steroid dienone is 4. The summed E-state index contributed by atoms with van der Waals surface area (Å²) in [7, 11) is 1.52. The molecule has 5 rings (SSSR count). The van der Waals surface area contributed by atoms with Gasteiger partial charge in [-0.25, -0.2) is 0 Å². The molecular formula is C33H36BrNO6. The molecule has 216 valence electrons. The number of benzene rings is 2. The van der Waals surface area contributed by atoms with E-state index in [4.69, 9.17) is 14.2 Å². The maximum atomic E-state index is 13.6. The predicted molar refractivity (Wildman–Crippen MR) is 160 cm³/mol. The first-order valence-corrected chi connectivity index (χ1v) is 14.6. The van der Waals surface area contributed by atoms with Gasteiger partial charge in [0.05, 0.1) is 11.6 Å². The van der Waals surface area contributed by atoms with Crippen LogP contribution in [0.25, 0.3) is 0 Å². The van der Waals surface area contributed by atoms with E-state index in [1.807, 2.05) is 37.3 Å². The third-order valence-electron chi connectivity index (χ3n) is 7.85. The molecule has 2 aromatic carbocycles. The zero-order chi connectivity index (χ0) is 29.7. The third-order valence-corrected chi connectivity index (χ3v) is 8.44. The average Bonchev–Trinajstić information content (AvgIpc) is 2.86. The molecule has 0 bridgehead atoms. The Morgan fingerprint density at radius 3 is 2.05 bits per heavy atom. The van der Waals surface area contributed by atoms with Crippen molar-refractivity contribution in [1.82, 2.24) is 0 Å². The van der Waals surface area contributed by atoms with Crippen molar-refractivity contribution < 1.29 is 28.6 Å². The molecule has 1 heterocycles. The molecule has 0 radical (unpaired) electrons. The number of rotatable bonds is 6. The van der Waals surface area contributed by atoms with Crippen LogP contribution in [-0.2, 0) is 19.1 Å². The zero-order valence-electron chi connectivity index (χ0n) is 24.4. The number of aryl methyl sites for hydroxylation is 1. The molecular weight excluding hydrogens is 586 g/mol. The number of methoxy groups -OCH3 is 1. The fourth-order valence-electron chi connectivity index (χ4n) is 6.03. The summed E-state index contributed by atoms with van der Waals surface area (Å²) in [5, 5.41) is 2.82. The summed E-state index contributed by atoms with van der Waals surface area (Å²) < 4.78 is 18.5. The van der Waals surface area contributed by atoms with Crippen molar-refractivity contribution in [2.75, 3.05) is 19.0 Å². The Labute approximate surface area is 249 Å². The largest absolute Gasteiger partial charge is 0.493 e. The minimum atomic E-state index is -0.565. The zero-order valence-corrected chi connectivity index (χ0v) is 26.0. The second kappa shape index (κ2) is 10.8. The third kappa shape index (κ3) is 5.98. The standard InChI is InChI=1S/C33H36BrNO6/c1-18-7-9-20(10-8-18)35-27(38)17-40-31-21(34)11-19(12-24(31)39-6)28-29-22(36)13-32(2,3)15-25(29)41-26-16-33(4,5)14-23(37)30(26)28/h7-12,28H,13-17H2,1-6H3,(H,35,38). The van der Waals surface area contributed by atoms with E-state index in [1.54, 1.807) is 6.07 Å². The van der Waals surface area contributed by atoms with Crippen LogP contribution in [0, 0.1) is 17.8 Å². The lowest BCUT2D eigenvalue weighted by Gasteiger charge is -2.42. The normalized spacial score (nSPS) is 19.8. The minimum Gasteiger partial charge on any atom is -0.493 e. The van der Waals surface area contributed by atoms with Gasteiger partial charge in [0, 0.05) is 48.4 Å². The highest BCUT2D eigenvalue weighted by Crippen LogP contribution is 2.54. The molecule has 1 amide bonds. The summed E-state index contributed by atoms with van der Waals surface area (Å²) >= 11 is 3.60. The molecule has 0 atom stereocenters. The molecule has 2 aromatic rings. The lowest BCUT2D eigenvalue weighted by Crippen LogP contribution is -2.37.